The molecule has 0 radical (unpaired) electrons. The number of aromatic nitrogens is 3. The van der Waals surface area contributed by atoms with Crippen LogP contribution in [0.2, 0.25) is 0 Å². The molecular formula is C7H10N3O5S2+. The van der Waals surface area contributed by atoms with Crippen LogP contribution in [-0.4, -0.2) is 31.1 Å². The minimum atomic E-state index is -4.67. The van der Waals surface area contributed by atoms with Crippen molar-refractivity contribution in [1.29, 1.82) is 0 Å². The maximum absolute atomic E-state index is 8.74. The van der Waals surface area contributed by atoms with Crippen molar-refractivity contribution in [1.82, 2.24) is 9.38 Å². The molecule has 0 bridgehead atoms. The molecule has 2 heterocycles. The third-order valence-corrected chi connectivity index (χ3v) is 1.52. The standard InChI is InChI=1S/C7H8N3.H2O4S.OS/c1-9-5-6-10-4-2-3-8-7(9)10;1-5(2,3)4;1-2/h2-6H,1H3;(H2,1,2,3,4);/q+1;;. The predicted octanol–water partition coefficient (Wildman–Crippen LogP) is -0.830. The largest absolute Gasteiger partial charge is 0.402 e. The minimum absolute atomic E-state index is 0.961. The summed E-state index contributed by atoms with van der Waals surface area (Å²) in [4.78, 5) is 4.17. The van der Waals surface area contributed by atoms with Gasteiger partial charge < -0.3 is 0 Å². The van der Waals surface area contributed by atoms with Crippen molar-refractivity contribution >= 4 is 28.7 Å². The Labute approximate surface area is 103 Å². The molecule has 2 aromatic rings. The summed E-state index contributed by atoms with van der Waals surface area (Å²) in [5, 5.41) is 0. The molecule has 0 unspecified atom stereocenters. The second-order valence-electron chi connectivity index (χ2n) is 2.68. The van der Waals surface area contributed by atoms with E-state index in [1.165, 1.54) is 0 Å². The van der Waals surface area contributed by atoms with Crippen LogP contribution in [-0.2, 0) is 30.0 Å². The van der Waals surface area contributed by atoms with Crippen LogP contribution in [0.15, 0.2) is 30.9 Å². The highest BCUT2D eigenvalue weighted by Gasteiger charge is 2.02. The molecule has 0 aromatic carbocycles. The lowest BCUT2D eigenvalue weighted by Gasteiger charge is -1.82. The van der Waals surface area contributed by atoms with Crippen LogP contribution in [0.1, 0.15) is 0 Å². The first-order valence-electron chi connectivity index (χ1n) is 4.02. The van der Waals surface area contributed by atoms with E-state index in [1.54, 1.807) is 6.20 Å². The molecule has 0 amide bonds. The topological polar surface area (TPSA) is 113 Å². The summed E-state index contributed by atoms with van der Waals surface area (Å²) in [5.74, 6) is 0.961. The summed E-state index contributed by atoms with van der Waals surface area (Å²) in [6.07, 6.45) is 7.71. The fourth-order valence-corrected chi connectivity index (χ4v) is 1.00. The van der Waals surface area contributed by atoms with Crippen molar-refractivity contribution in [2.24, 2.45) is 7.05 Å². The molecule has 0 aliphatic rings. The number of rotatable bonds is 0. The normalized spacial score (nSPS) is 9.82. The van der Waals surface area contributed by atoms with Crippen molar-refractivity contribution in [2.75, 3.05) is 0 Å². The summed E-state index contributed by atoms with van der Waals surface area (Å²) in [5.41, 5.74) is 0. The van der Waals surface area contributed by atoms with Crippen molar-refractivity contribution in [2.45, 2.75) is 0 Å². The first-order chi connectivity index (χ1) is 7.88. The molecule has 2 N–H and O–H groups in total. The number of hydrogen-bond acceptors (Lipinski definition) is 5. The van der Waals surface area contributed by atoms with E-state index in [2.05, 4.69) is 17.5 Å². The Hall–Kier alpha value is -1.49. The lowest BCUT2D eigenvalue weighted by molar-refractivity contribution is -0.646. The second kappa shape index (κ2) is 6.96. The van der Waals surface area contributed by atoms with Crippen LogP contribution in [0.5, 0.6) is 0 Å². The van der Waals surface area contributed by atoms with Gasteiger partial charge in [-0.15, -0.1) is 0 Å². The number of nitrogens with zero attached hydrogens (tertiary/aromatic N) is 3. The molecule has 0 fully saturated rings. The van der Waals surface area contributed by atoms with Gasteiger partial charge in [0.2, 0.25) is 0 Å². The first-order valence-corrected chi connectivity index (χ1v) is 5.75. The van der Waals surface area contributed by atoms with Gasteiger partial charge in [-0.05, 0) is 0 Å². The average Bonchev–Trinajstić information content (AvgIpc) is 2.62. The van der Waals surface area contributed by atoms with Crippen LogP contribution in [0, 0.1) is 0 Å². The molecule has 0 saturated heterocycles. The zero-order valence-electron chi connectivity index (χ0n) is 8.66. The van der Waals surface area contributed by atoms with Gasteiger partial charge in [0, 0.05) is 6.07 Å². The molecule has 17 heavy (non-hydrogen) atoms. The SMILES string of the molecule is C[n+]1ccn2cccnc21.O=S.O=S(=O)(O)O. The van der Waals surface area contributed by atoms with Gasteiger partial charge >= 0.3 is 16.2 Å². The van der Waals surface area contributed by atoms with E-state index in [0.29, 0.717) is 0 Å². The Balaban J connectivity index is 0.000000315. The lowest BCUT2D eigenvalue weighted by atomic mass is 10.7. The highest BCUT2D eigenvalue weighted by molar-refractivity contribution is 7.79. The highest BCUT2D eigenvalue weighted by Crippen LogP contribution is 1.89. The molecule has 94 valence electrons. The van der Waals surface area contributed by atoms with Gasteiger partial charge in [-0.3, -0.25) is 9.11 Å². The summed E-state index contributed by atoms with van der Waals surface area (Å²) in [6.45, 7) is 0. The maximum atomic E-state index is 8.74. The van der Waals surface area contributed by atoms with Gasteiger partial charge in [0.15, 0.2) is 12.5 Å². The van der Waals surface area contributed by atoms with E-state index in [-0.39, 0.29) is 0 Å². The average molecular weight is 280 g/mol. The smallest absolute Gasteiger partial charge is 0.264 e. The minimum Gasteiger partial charge on any atom is -0.264 e. The van der Waals surface area contributed by atoms with E-state index in [1.807, 2.05) is 40.7 Å². The molecule has 0 aliphatic heterocycles. The maximum Gasteiger partial charge on any atom is 0.402 e. The van der Waals surface area contributed by atoms with Gasteiger partial charge in [-0.2, -0.15) is 12.6 Å². The lowest BCUT2D eigenvalue weighted by Crippen LogP contribution is -2.26. The quantitative estimate of drug-likeness (QED) is 0.478. The van der Waals surface area contributed by atoms with Crippen LogP contribution in [0.25, 0.3) is 5.78 Å². The molecule has 2 aromatic heterocycles. The van der Waals surface area contributed by atoms with Gasteiger partial charge in [-0.1, -0.05) is 4.98 Å². The van der Waals surface area contributed by atoms with Gasteiger partial charge in [0.1, 0.15) is 12.4 Å². The number of imidazole rings is 1. The van der Waals surface area contributed by atoms with Gasteiger partial charge in [-0.25, -0.2) is 8.97 Å². The second-order valence-corrected chi connectivity index (χ2v) is 3.58. The Kier molecular flexibility index (Phi) is 6.35. The van der Waals surface area contributed by atoms with Gasteiger partial charge in [0.25, 0.3) is 0 Å². The molecular weight excluding hydrogens is 270 g/mol. The number of hydrogen-bond donors (Lipinski definition) is 2. The van der Waals surface area contributed by atoms with Crippen molar-refractivity contribution in [3.63, 3.8) is 0 Å². The number of fused-ring (bicyclic) bond motifs is 1. The van der Waals surface area contributed by atoms with Crippen molar-refractivity contribution in [3.8, 4) is 0 Å². The monoisotopic (exact) mass is 280 g/mol. The Morgan fingerprint density at radius 2 is 1.88 bits per heavy atom. The third-order valence-electron chi connectivity index (χ3n) is 1.52. The Bertz CT molecular complexity index is 560. The number of aryl methyl sites for hydroxylation is 1. The van der Waals surface area contributed by atoms with E-state index < -0.39 is 10.4 Å². The van der Waals surface area contributed by atoms with E-state index in [4.69, 9.17) is 21.7 Å². The highest BCUT2D eigenvalue weighted by atomic mass is 32.3. The summed E-state index contributed by atoms with van der Waals surface area (Å²) < 4.78 is 43.4. The molecule has 0 atom stereocenters. The van der Waals surface area contributed by atoms with Crippen LogP contribution in [0.3, 0.4) is 0 Å². The van der Waals surface area contributed by atoms with Crippen molar-refractivity contribution in [3.05, 3.63) is 30.9 Å². The summed E-state index contributed by atoms with van der Waals surface area (Å²) in [6, 6.07) is 1.91. The fraction of sp³-hybridized carbons (Fsp3) is 0.143. The molecule has 10 heteroatoms. The zero-order valence-corrected chi connectivity index (χ0v) is 10.3. The van der Waals surface area contributed by atoms with Crippen LogP contribution < -0.4 is 4.57 Å². The zero-order chi connectivity index (χ0) is 13.5. The molecule has 0 saturated carbocycles. The predicted molar refractivity (Wildman–Crippen MR) is 58.7 cm³/mol. The van der Waals surface area contributed by atoms with E-state index in [0.717, 1.165) is 5.78 Å². The van der Waals surface area contributed by atoms with E-state index in [9.17, 15) is 0 Å². The first kappa shape index (κ1) is 15.5. The molecule has 0 aliphatic carbocycles. The Morgan fingerprint density at radius 1 is 1.35 bits per heavy atom. The third kappa shape index (κ3) is 6.63. The van der Waals surface area contributed by atoms with Crippen molar-refractivity contribution < 1.29 is 26.3 Å². The van der Waals surface area contributed by atoms with Crippen LogP contribution >= 0.6 is 0 Å². The van der Waals surface area contributed by atoms with Crippen LogP contribution in [0.4, 0.5) is 0 Å². The summed E-state index contributed by atoms with van der Waals surface area (Å²) >= 11 is 2.83. The Morgan fingerprint density at radius 3 is 2.35 bits per heavy atom. The van der Waals surface area contributed by atoms with E-state index >= 15 is 0 Å². The van der Waals surface area contributed by atoms with Gasteiger partial charge in [0.05, 0.1) is 19.4 Å². The summed E-state index contributed by atoms with van der Waals surface area (Å²) in [7, 11) is -2.69. The molecule has 8 nitrogen and oxygen atoms in total. The molecule has 2 rings (SSSR count). The fourth-order valence-electron chi connectivity index (χ4n) is 1.00. The molecule has 0 spiro atoms.